The summed E-state index contributed by atoms with van der Waals surface area (Å²) in [7, 11) is 1.62. The lowest BCUT2D eigenvalue weighted by atomic mass is 10.0. The molecule has 3 nitrogen and oxygen atoms in total. The number of hydrogen-bond acceptors (Lipinski definition) is 2. The molecule has 1 aliphatic rings. The number of carbonyl (C=O) groups excluding carboxylic acids is 1. The number of carbonyl (C=O) groups is 1. The van der Waals surface area contributed by atoms with Crippen molar-refractivity contribution in [3.05, 3.63) is 28.3 Å². The van der Waals surface area contributed by atoms with Gasteiger partial charge in [0.05, 0.1) is 12.1 Å². The second-order valence-corrected chi connectivity index (χ2v) is 5.18. The molecule has 0 saturated heterocycles. The van der Waals surface area contributed by atoms with Crippen molar-refractivity contribution in [2.75, 3.05) is 13.7 Å². The lowest BCUT2D eigenvalue weighted by Gasteiger charge is -2.25. The van der Waals surface area contributed by atoms with Crippen molar-refractivity contribution in [2.45, 2.75) is 32.7 Å². The number of ether oxygens (including phenoxy) is 1. The molecule has 1 aliphatic heterocycles. The summed E-state index contributed by atoms with van der Waals surface area (Å²) in [5.74, 6) is 0.840. The van der Waals surface area contributed by atoms with E-state index in [0.717, 1.165) is 19.4 Å². The maximum Gasteiger partial charge on any atom is 0.219 e. The predicted octanol–water partition coefficient (Wildman–Crippen LogP) is 2.68. The zero-order chi connectivity index (χ0) is 13.3. The SMILES string of the molecule is COc1cc2c(cc1Cl)CC(C)N(C(C)=O)CC2. The highest BCUT2D eigenvalue weighted by Gasteiger charge is 2.23. The van der Waals surface area contributed by atoms with Gasteiger partial charge in [0.25, 0.3) is 0 Å². The standard InChI is InChI=1S/C14H18ClNO2/c1-9-6-12-7-13(15)14(18-3)8-11(12)4-5-16(9)10(2)17/h7-9H,4-6H2,1-3H3. The van der Waals surface area contributed by atoms with Crippen LogP contribution in [0.15, 0.2) is 12.1 Å². The van der Waals surface area contributed by atoms with Crippen molar-refractivity contribution in [2.24, 2.45) is 0 Å². The molecule has 0 N–H and O–H groups in total. The van der Waals surface area contributed by atoms with Crippen LogP contribution in [0.4, 0.5) is 0 Å². The van der Waals surface area contributed by atoms with E-state index in [0.29, 0.717) is 10.8 Å². The predicted molar refractivity (Wildman–Crippen MR) is 72.3 cm³/mol. The van der Waals surface area contributed by atoms with E-state index in [4.69, 9.17) is 16.3 Å². The first-order valence-corrected chi connectivity index (χ1v) is 6.53. The molecular formula is C14H18ClNO2. The summed E-state index contributed by atoms with van der Waals surface area (Å²) in [5, 5.41) is 0.639. The minimum Gasteiger partial charge on any atom is -0.495 e. The van der Waals surface area contributed by atoms with Crippen LogP contribution in [0.2, 0.25) is 5.02 Å². The number of nitrogens with zero attached hydrogens (tertiary/aromatic N) is 1. The lowest BCUT2D eigenvalue weighted by molar-refractivity contribution is -0.130. The summed E-state index contributed by atoms with van der Waals surface area (Å²) >= 11 is 6.16. The van der Waals surface area contributed by atoms with Gasteiger partial charge in [-0.1, -0.05) is 11.6 Å². The lowest BCUT2D eigenvalue weighted by Crippen LogP contribution is -2.38. The topological polar surface area (TPSA) is 29.5 Å². The van der Waals surface area contributed by atoms with Gasteiger partial charge in [-0.25, -0.2) is 0 Å². The Hall–Kier alpha value is -1.22. The van der Waals surface area contributed by atoms with Crippen molar-refractivity contribution >= 4 is 17.5 Å². The third-order valence-electron chi connectivity index (χ3n) is 3.55. The third kappa shape index (κ3) is 2.46. The Morgan fingerprint density at radius 1 is 1.44 bits per heavy atom. The van der Waals surface area contributed by atoms with E-state index in [1.807, 2.05) is 17.0 Å². The van der Waals surface area contributed by atoms with Gasteiger partial charge in [0.2, 0.25) is 5.91 Å². The smallest absolute Gasteiger partial charge is 0.219 e. The molecule has 0 spiro atoms. The van der Waals surface area contributed by atoms with Gasteiger partial charge in [0.15, 0.2) is 0 Å². The number of hydrogen-bond donors (Lipinski definition) is 0. The average Bonchev–Trinajstić information content (AvgIpc) is 2.46. The number of benzene rings is 1. The normalized spacial score (nSPS) is 19.1. The van der Waals surface area contributed by atoms with Crippen molar-refractivity contribution in [1.29, 1.82) is 0 Å². The first kappa shape index (κ1) is 13.2. The van der Waals surface area contributed by atoms with Crippen LogP contribution in [0.1, 0.15) is 25.0 Å². The molecule has 98 valence electrons. The quantitative estimate of drug-likeness (QED) is 0.783. The highest BCUT2D eigenvalue weighted by atomic mass is 35.5. The van der Waals surface area contributed by atoms with Gasteiger partial charge < -0.3 is 9.64 Å². The van der Waals surface area contributed by atoms with Gasteiger partial charge in [-0.15, -0.1) is 0 Å². The molecule has 0 aromatic heterocycles. The van der Waals surface area contributed by atoms with Crippen molar-refractivity contribution in [3.63, 3.8) is 0 Å². The number of amides is 1. The molecule has 0 bridgehead atoms. The first-order chi connectivity index (χ1) is 8.52. The minimum absolute atomic E-state index is 0.133. The molecular weight excluding hydrogens is 250 g/mol. The van der Waals surface area contributed by atoms with Gasteiger partial charge in [-0.3, -0.25) is 4.79 Å². The minimum atomic E-state index is 0.133. The molecule has 18 heavy (non-hydrogen) atoms. The van der Waals surface area contributed by atoms with Crippen LogP contribution in [0.25, 0.3) is 0 Å². The second-order valence-electron chi connectivity index (χ2n) is 4.77. The molecule has 1 heterocycles. The summed E-state index contributed by atoms with van der Waals surface area (Å²) in [6.07, 6.45) is 1.70. The number of halogens is 1. The fourth-order valence-corrected chi connectivity index (χ4v) is 2.84. The van der Waals surface area contributed by atoms with Gasteiger partial charge in [-0.05, 0) is 43.0 Å². The van der Waals surface area contributed by atoms with Gasteiger partial charge in [0, 0.05) is 19.5 Å². The number of rotatable bonds is 1. The second kappa shape index (κ2) is 5.19. The molecule has 1 atom stereocenters. The average molecular weight is 268 g/mol. The van der Waals surface area contributed by atoms with Gasteiger partial charge in [-0.2, -0.15) is 0 Å². The summed E-state index contributed by atoms with van der Waals surface area (Å²) in [6.45, 7) is 4.46. The summed E-state index contributed by atoms with van der Waals surface area (Å²) in [4.78, 5) is 13.5. The summed E-state index contributed by atoms with van der Waals surface area (Å²) < 4.78 is 5.24. The van der Waals surface area contributed by atoms with Crippen LogP contribution in [0.5, 0.6) is 5.75 Å². The Bertz CT molecular complexity index is 473. The van der Waals surface area contributed by atoms with Crippen molar-refractivity contribution < 1.29 is 9.53 Å². The molecule has 0 saturated carbocycles. The van der Waals surface area contributed by atoms with Crippen molar-refractivity contribution in [1.82, 2.24) is 4.90 Å². The summed E-state index contributed by atoms with van der Waals surface area (Å²) in [5.41, 5.74) is 2.45. The highest BCUT2D eigenvalue weighted by Crippen LogP contribution is 2.31. The third-order valence-corrected chi connectivity index (χ3v) is 3.84. The maximum atomic E-state index is 11.6. The molecule has 0 aliphatic carbocycles. The van der Waals surface area contributed by atoms with Gasteiger partial charge >= 0.3 is 0 Å². The Labute approximate surface area is 113 Å². The molecule has 2 rings (SSSR count). The largest absolute Gasteiger partial charge is 0.495 e. The van der Waals surface area contributed by atoms with E-state index in [2.05, 4.69) is 6.92 Å². The molecule has 1 aromatic carbocycles. The summed E-state index contributed by atoms with van der Waals surface area (Å²) in [6, 6.07) is 4.18. The Morgan fingerprint density at radius 2 is 2.17 bits per heavy atom. The number of fused-ring (bicyclic) bond motifs is 1. The van der Waals surface area contributed by atoms with E-state index in [1.54, 1.807) is 14.0 Å². The maximum absolute atomic E-state index is 11.6. The zero-order valence-corrected chi connectivity index (χ0v) is 11.8. The number of methoxy groups -OCH3 is 1. The first-order valence-electron chi connectivity index (χ1n) is 6.15. The Kier molecular flexibility index (Phi) is 3.81. The molecule has 1 aromatic rings. The molecule has 1 amide bonds. The molecule has 1 unspecified atom stereocenters. The van der Waals surface area contributed by atoms with E-state index < -0.39 is 0 Å². The van der Waals surface area contributed by atoms with Crippen LogP contribution in [0, 0.1) is 0 Å². The monoisotopic (exact) mass is 267 g/mol. The molecule has 0 radical (unpaired) electrons. The van der Waals surface area contributed by atoms with Crippen LogP contribution in [0.3, 0.4) is 0 Å². The Morgan fingerprint density at radius 3 is 2.78 bits per heavy atom. The van der Waals surface area contributed by atoms with Crippen LogP contribution in [-0.4, -0.2) is 30.5 Å². The Balaban J connectivity index is 2.35. The van der Waals surface area contributed by atoms with Gasteiger partial charge in [0.1, 0.15) is 5.75 Å². The van der Waals surface area contributed by atoms with Crippen LogP contribution < -0.4 is 4.74 Å². The van der Waals surface area contributed by atoms with E-state index in [-0.39, 0.29) is 11.9 Å². The highest BCUT2D eigenvalue weighted by molar-refractivity contribution is 6.32. The van der Waals surface area contributed by atoms with Crippen molar-refractivity contribution in [3.8, 4) is 5.75 Å². The van der Waals surface area contributed by atoms with E-state index >= 15 is 0 Å². The molecule has 4 heteroatoms. The fourth-order valence-electron chi connectivity index (χ4n) is 2.57. The zero-order valence-electron chi connectivity index (χ0n) is 11.0. The van der Waals surface area contributed by atoms with Crippen LogP contribution in [-0.2, 0) is 17.6 Å². The fraction of sp³-hybridized carbons (Fsp3) is 0.500. The molecule has 0 fully saturated rings. The van der Waals surface area contributed by atoms with E-state index in [1.165, 1.54) is 11.1 Å². The van der Waals surface area contributed by atoms with E-state index in [9.17, 15) is 4.79 Å². The van der Waals surface area contributed by atoms with Crippen LogP contribution >= 0.6 is 11.6 Å².